The first kappa shape index (κ1) is 21.7. The van der Waals surface area contributed by atoms with Gasteiger partial charge in [-0.3, -0.25) is 4.79 Å². The van der Waals surface area contributed by atoms with Crippen molar-refractivity contribution in [3.63, 3.8) is 0 Å². The summed E-state index contributed by atoms with van der Waals surface area (Å²) in [6, 6.07) is 22.9. The van der Waals surface area contributed by atoms with Crippen LogP contribution in [0.15, 0.2) is 92.5 Å². The smallest absolute Gasteiger partial charge is 0.224 e. The van der Waals surface area contributed by atoms with Crippen molar-refractivity contribution in [3.8, 4) is 28.7 Å². The molecule has 2 heterocycles. The molecule has 0 radical (unpaired) electrons. The fourth-order valence-electron chi connectivity index (χ4n) is 3.51. The molecule has 0 unspecified atom stereocenters. The molecule has 0 atom stereocenters. The topological polar surface area (TPSA) is 97.5 Å². The number of phenolic OH excluding ortho intramolecular Hbond substituents is 1. The Morgan fingerprint density at radius 2 is 1.74 bits per heavy atom. The number of anilines is 2. The average Bonchev–Trinajstić information content (AvgIpc) is 2.80. The number of ether oxygens (including phenoxy) is 1. The van der Waals surface area contributed by atoms with Gasteiger partial charge in [-0.1, -0.05) is 46.3 Å². The second kappa shape index (κ2) is 8.99. The molecular formula is C26H18BrN3O4. The molecule has 168 valence electrons. The molecule has 0 aliphatic carbocycles. The minimum absolute atomic E-state index is 0.0866. The number of rotatable bonds is 5. The molecule has 3 aromatic carbocycles. The van der Waals surface area contributed by atoms with Gasteiger partial charge in [-0.2, -0.15) is 4.98 Å². The van der Waals surface area contributed by atoms with Gasteiger partial charge in [-0.15, -0.1) is 0 Å². The van der Waals surface area contributed by atoms with E-state index in [-0.39, 0.29) is 33.8 Å². The lowest BCUT2D eigenvalue weighted by Gasteiger charge is -2.11. The van der Waals surface area contributed by atoms with Crippen LogP contribution in [-0.2, 0) is 0 Å². The fourth-order valence-corrected chi connectivity index (χ4v) is 3.77. The summed E-state index contributed by atoms with van der Waals surface area (Å²) in [6.07, 6.45) is 0. The average molecular weight is 516 g/mol. The number of hydrogen-bond acceptors (Lipinski definition) is 7. The van der Waals surface area contributed by atoms with Gasteiger partial charge in [-0.25, -0.2) is 4.98 Å². The SMILES string of the molecule is Cc1nc(Nc2ccc(Br)cc2)cc(Oc2cc(O)c3c(=O)cc(-c4ccccc4)oc3c2)n1. The lowest BCUT2D eigenvalue weighted by Crippen LogP contribution is -2.02. The van der Waals surface area contributed by atoms with Gasteiger partial charge >= 0.3 is 0 Å². The molecule has 0 saturated heterocycles. The first-order valence-corrected chi connectivity index (χ1v) is 11.2. The van der Waals surface area contributed by atoms with E-state index in [9.17, 15) is 9.90 Å². The molecular weight excluding hydrogens is 498 g/mol. The third-order valence-corrected chi connectivity index (χ3v) is 5.52. The van der Waals surface area contributed by atoms with E-state index in [0.29, 0.717) is 17.4 Å². The summed E-state index contributed by atoms with van der Waals surface area (Å²) in [4.78, 5) is 21.4. The van der Waals surface area contributed by atoms with Crippen LogP contribution in [0.5, 0.6) is 17.4 Å². The van der Waals surface area contributed by atoms with Crippen LogP contribution >= 0.6 is 15.9 Å². The summed E-state index contributed by atoms with van der Waals surface area (Å²) in [5, 5.41) is 13.8. The third-order valence-electron chi connectivity index (χ3n) is 5.00. The van der Waals surface area contributed by atoms with E-state index in [1.54, 1.807) is 19.1 Å². The van der Waals surface area contributed by atoms with E-state index in [1.807, 2.05) is 54.6 Å². The van der Waals surface area contributed by atoms with Crippen molar-refractivity contribution in [2.45, 2.75) is 6.92 Å². The minimum Gasteiger partial charge on any atom is -0.507 e. The molecule has 5 rings (SSSR count). The van der Waals surface area contributed by atoms with Gasteiger partial charge in [0.15, 0.2) is 5.43 Å². The zero-order chi connectivity index (χ0) is 23.7. The summed E-state index contributed by atoms with van der Waals surface area (Å²) in [6.45, 7) is 1.75. The molecule has 0 aliphatic rings. The molecule has 0 amide bonds. The fraction of sp³-hybridized carbons (Fsp3) is 0.0385. The molecule has 0 spiro atoms. The van der Waals surface area contributed by atoms with E-state index < -0.39 is 0 Å². The molecule has 8 heteroatoms. The number of aromatic hydroxyl groups is 1. The first-order valence-electron chi connectivity index (χ1n) is 10.4. The number of aromatic nitrogens is 2. The van der Waals surface area contributed by atoms with E-state index in [1.165, 1.54) is 12.1 Å². The number of phenols is 1. The van der Waals surface area contributed by atoms with E-state index >= 15 is 0 Å². The Kier molecular flexibility index (Phi) is 5.73. The van der Waals surface area contributed by atoms with Crippen molar-refractivity contribution in [3.05, 3.63) is 99.4 Å². The number of fused-ring (bicyclic) bond motifs is 1. The molecule has 0 bridgehead atoms. The van der Waals surface area contributed by atoms with Gasteiger partial charge < -0.3 is 19.6 Å². The molecule has 2 N–H and O–H groups in total. The summed E-state index contributed by atoms with van der Waals surface area (Å²) in [7, 11) is 0. The van der Waals surface area contributed by atoms with Crippen LogP contribution in [0.2, 0.25) is 0 Å². The maximum absolute atomic E-state index is 12.7. The van der Waals surface area contributed by atoms with Crippen molar-refractivity contribution in [2.24, 2.45) is 0 Å². The van der Waals surface area contributed by atoms with Crippen LogP contribution in [0.25, 0.3) is 22.3 Å². The van der Waals surface area contributed by atoms with Crippen LogP contribution in [0.4, 0.5) is 11.5 Å². The molecule has 5 aromatic rings. The number of nitrogens with zero attached hydrogens (tertiary/aromatic N) is 2. The highest BCUT2D eigenvalue weighted by Gasteiger charge is 2.14. The van der Waals surface area contributed by atoms with Crippen molar-refractivity contribution in [1.82, 2.24) is 9.97 Å². The lowest BCUT2D eigenvalue weighted by atomic mass is 10.1. The summed E-state index contributed by atoms with van der Waals surface area (Å²) in [5.41, 5.74) is 1.47. The van der Waals surface area contributed by atoms with Crippen molar-refractivity contribution < 1.29 is 14.3 Å². The molecule has 34 heavy (non-hydrogen) atoms. The zero-order valence-corrected chi connectivity index (χ0v) is 19.5. The Bertz CT molecular complexity index is 1550. The maximum Gasteiger partial charge on any atom is 0.224 e. The quantitative estimate of drug-likeness (QED) is 0.273. The first-order chi connectivity index (χ1) is 16.4. The van der Waals surface area contributed by atoms with Gasteiger partial charge in [0.2, 0.25) is 5.88 Å². The van der Waals surface area contributed by atoms with Crippen LogP contribution in [0, 0.1) is 6.92 Å². The summed E-state index contributed by atoms with van der Waals surface area (Å²) < 4.78 is 12.8. The van der Waals surface area contributed by atoms with Gasteiger partial charge in [0.1, 0.15) is 39.9 Å². The van der Waals surface area contributed by atoms with Gasteiger partial charge in [0, 0.05) is 40.0 Å². The summed E-state index contributed by atoms with van der Waals surface area (Å²) >= 11 is 3.42. The van der Waals surface area contributed by atoms with Crippen molar-refractivity contribution >= 4 is 38.4 Å². The van der Waals surface area contributed by atoms with Crippen molar-refractivity contribution in [2.75, 3.05) is 5.32 Å². The second-order valence-electron chi connectivity index (χ2n) is 7.53. The molecule has 0 saturated carbocycles. The normalized spacial score (nSPS) is 10.9. The number of benzene rings is 3. The van der Waals surface area contributed by atoms with Gasteiger partial charge in [0.25, 0.3) is 0 Å². The van der Waals surface area contributed by atoms with Crippen LogP contribution < -0.4 is 15.5 Å². The molecule has 2 aromatic heterocycles. The second-order valence-corrected chi connectivity index (χ2v) is 8.44. The Balaban J connectivity index is 1.49. The number of halogens is 1. The minimum atomic E-state index is -0.344. The number of nitrogens with one attached hydrogen (secondary N) is 1. The lowest BCUT2D eigenvalue weighted by molar-refractivity contribution is 0.445. The monoisotopic (exact) mass is 515 g/mol. The standard InChI is InChI=1S/C26H18BrN3O4/c1-15-28-24(30-18-9-7-17(27)8-10-18)14-25(29-15)33-19-11-20(31)26-21(32)13-22(34-23(26)12-19)16-5-3-2-4-6-16/h2-14,31H,1H3,(H,28,29,30). The van der Waals surface area contributed by atoms with Crippen LogP contribution in [0.1, 0.15) is 5.82 Å². The maximum atomic E-state index is 12.7. The van der Waals surface area contributed by atoms with Crippen molar-refractivity contribution in [1.29, 1.82) is 0 Å². The van der Waals surface area contributed by atoms with Crippen LogP contribution in [-0.4, -0.2) is 15.1 Å². The van der Waals surface area contributed by atoms with E-state index in [2.05, 4.69) is 31.2 Å². The third kappa shape index (κ3) is 4.62. The Morgan fingerprint density at radius 1 is 0.971 bits per heavy atom. The van der Waals surface area contributed by atoms with E-state index in [4.69, 9.17) is 9.15 Å². The largest absolute Gasteiger partial charge is 0.507 e. The number of aryl methyl sites for hydroxylation is 1. The van der Waals surface area contributed by atoms with Gasteiger partial charge in [0.05, 0.1) is 0 Å². The Labute approximate surface area is 202 Å². The highest BCUT2D eigenvalue weighted by atomic mass is 79.9. The predicted octanol–water partition coefficient (Wildman–Crippen LogP) is 6.56. The van der Waals surface area contributed by atoms with E-state index in [0.717, 1.165) is 15.7 Å². The highest BCUT2D eigenvalue weighted by Crippen LogP contribution is 2.33. The molecule has 7 nitrogen and oxygen atoms in total. The number of hydrogen-bond donors (Lipinski definition) is 2. The predicted molar refractivity (Wildman–Crippen MR) is 134 cm³/mol. The Morgan fingerprint density at radius 3 is 2.50 bits per heavy atom. The Hall–Kier alpha value is -4.17. The molecule has 0 fully saturated rings. The highest BCUT2D eigenvalue weighted by molar-refractivity contribution is 9.10. The van der Waals surface area contributed by atoms with Gasteiger partial charge in [-0.05, 0) is 31.2 Å². The van der Waals surface area contributed by atoms with Crippen LogP contribution in [0.3, 0.4) is 0 Å². The molecule has 0 aliphatic heterocycles. The summed E-state index contributed by atoms with van der Waals surface area (Å²) in [5.74, 6) is 1.75. The zero-order valence-electron chi connectivity index (χ0n) is 17.9.